The number of nitrogens with zero attached hydrogens (tertiary/aromatic N) is 1. The number of hydrogen-bond acceptors (Lipinski definition) is 3. The minimum absolute atomic E-state index is 0.0492. The average molecular weight is 308 g/mol. The maximum Gasteiger partial charge on any atom is 0.307 e. The van der Waals surface area contributed by atoms with Crippen LogP contribution in [0, 0.1) is 12.7 Å². The molecule has 1 aromatic heterocycles. The van der Waals surface area contributed by atoms with Gasteiger partial charge in [-0.3, -0.25) is 9.59 Å². The first-order valence-electron chi connectivity index (χ1n) is 6.67. The van der Waals surface area contributed by atoms with Crippen LogP contribution in [-0.4, -0.2) is 10.5 Å². The van der Waals surface area contributed by atoms with Crippen LogP contribution in [0.15, 0.2) is 34.4 Å². The molecule has 1 aromatic carbocycles. The fraction of sp³-hybridized carbons (Fsp3) is 0.333. The van der Waals surface area contributed by atoms with Crippen molar-refractivity contribution in [3.63, 3.8) is 0 Å². The summed E-state index contributed by atoms with van der Waals surface area (Å²) in [6.07, 6.45) is 0.239. The second-order valence-electron chi connectivity index (χ2n) is 4.89. The average Bonchev–Trinajstić information content (AvgIpc) is 2.76. The van der Waals surface area contributed by atoms with Crippen LogP contribution in [0.1, 0.15) is 30.6 Å². The molecule has 1 unspecified atom stereocenters. The van der Waals surface area contributed by atoms with Gasteiger partial charge in [0.05, 0.1) is 6.04 Å². The highest BCUT2D eigenvalue weighted by molar-refractivity contribution is 7.07. The quantitative estimate of drug-likeness (QED) is 0.923. The lowest BCUT2D eigenvalue weighted by Crippen LogP contribution is -2.28. The van der Waals surface area contributed by atoms with Gasteiger partial charge in [0.25, 0.3) is 0 Å². The Morgan fingerprint density at radius 1 is 1.38 bits per heavy atom. The fourth-order valence-corrected chi connectivity index (χ4v) is 2.80. The molecule has 6 heteroatoms. The Labute approximate surface area is 126 Å². The molecular formula is C15H17FN2O2S. The van der Waals surface area contributed by atoms with Gasteiger partial charge in [-0.1, -0.05) is 23.5 Å². The molecule has 0 radical (unpaired) electrons. The Balaban J connectivity index is 1.90. The lowest BCUT2D eigenvalue weighted by atomic mass is 10.1. The number of thiazole rings is 1. The van der Waals surface area contributed by atoms with E-state index in [0.29, 0.717) is 6.54 Å². The second kappa shape index (κ2) is 6.67. The van der Waals surface area contributed by atoms with Crippen LogP contribution in [0.4, 0.5) is 4.39 Å². The zero-order chi connectivity index (χ0) is 15.4. The zero-order valence-electron chi connectivity index (χ0n) is 11.9. The lowest BCUT2D eigenvalue weighted by molar-refractivity contribution is -0.121. The van der Waals surface area contributed by atoms with Crippen LogP contribution in [-0.2, 0) is 11.3 Å². The molecule has 4 nitrogen and oxygen atoms in total. The van der Waals surface area contributed by atoms with Crippen LogP contribution < -0.4 is 10.2 Å². The number of rotatable bonds is 5. The molecule has 21 heavy (non-hydrogen) atoms. The van der Waals surface area contributed by atoms with E-state index < -0.39 is 0 Å². The number of aryl methyl sites for hydroxylation is 1. The third-order valence-corrected chi connectivity index (χ3v) is 4.17. The monoisotopic (exact) mass is 308 g/mol. The largest absolute Gasteiger partial charge is 0.350 e. The molecule has 1 heterocycles. The first kappa shape index (κ1) is 15.4. The van der Waals surface area contributed by atoms with E-state index in [9.17, 15) is 14.0 Å². The molecule has 0 fully saturated rings. The molecule has 1 atom stereocenters. The van der Waals surface area contributed by atoms with Gasteiger partial charge >= 0.3 is 4.87 Å². The Kier molecular flexibility index (Phi) is 4.90. The Morgan fingerprint density at radius 3 is 2.62 bits per heavy atom. The lowest BCUT2D eigenvalue weighted by Gasteiger charge is -2.14. The summed E-state index contributed by atoms with van der Waals surface area (Å²) < 4.78 is 14.4. The summed E-state index contributed by atoms with van der Waals surface area (Å²) in [6, 6.07) is 5.83. The molecule has 0 aliphatic heterocycles. The number of hydrogen-bond donors (Lipinski definition) is 1. The Hall–Kier alpha value is -1.95. The minimum atomic E-state index is -0.301. The van der Waals surface area contributed by atoms with E-state index in [1.165, 1.54) is 12.1 Å². The van der Waals surface area contributed by atoms with Crippen LogP contribution in [0.2, 0.25) is 0 Å². The number of carbonyl (C=O) groups is 1. The summed E-state index contributed by atoms with van der Waals surface area (Å²) in [5.41, 5.74) is 1.71. The molecule has 0 spiro atoms. The molecule has 0 saturated heterocycles. The topological polar surface area (TPSA) is 51.1 Å². The van der Waals surface area contributed by atoms with Gasteiger partial charge in [-0.15, -0.1) is 0 Å². The summed E-state index contributed by atoms with van der Waals surface area (Å²) in [4.78, 5) is 23.4. The molecule has 0 saturated carbocycles. The van der Waals surface area contributed by atoms with Crippen LogP contribution >= 0.6 is 11.3 Å². The van der Waals surface area contributed by atoms with Crippen molar-refractivity contribution >= 4 is 17.2 Å². The highest BCUT2D eigenvalue weighted by Gasteiger charge is 2.11. The van der Waals surface area contributed by atoms with Gasteiger partial charge in [0.15, 0.2) is 0 Å². The fourth-order valence-electron chi connectivity index (χ4n) is 2.04. The van der Waals surface area contributed by atoms with Gasteiger partial charge in [-0.25, -0.2) is 4.39 Å². The summed E-state index contributed by atoms with van der Waals surface area (Å²) in [6.45, 7) is 4.06. The van der Waals surface area contributed by atoms with Crippen molar-refractivity contribution in [2.45, 2.75) is 32.9 Å². The minimum Gasteiger partial charge on any atom is -0.350 e. The van der Waals surface area contributed by atoms with E-state index in [0.717, 1.165) is 22.6 Å². The smallest absolute Gasteiger partial charge is 0.307 e. The standard InChI is InChI=1S/C15H17FN2O2S/c1-10-9-21-15(20)18(10)8-7-14(19)17-11(2)12-3-5-13(16)6-4-12/h3-6,9,11H,7-8H2,1-2H3,(H,17,19). The maximum absolute atomic E-state index is 12.8. The molecule has 112 valence electrons. The van der Waals surface area contributed by atoms with Gasteiger partial charge in [0.1, 0.15) is 5.82 Å². The van der Waals surface area contributed by atoms with Crippen molar-refractivity contribution in [1.82, 2.24) is 9.88 Å². The molecule has 1 N–H and O–H groups in total. The molecule has 0 aliphatic rings. The van der Waals surface area contributed by atoms with Crippen LogP contribution in [0.25, 0.3) is 0 Å². The highest BCUT2D eigenvalue weighted by atomic mass is 32.1. The number of nitrogens with one attached hydrogen (secondary N) is 1. The number of carbonyl (C=O) groups excluding carboxylic acids is 1. The van der Waals surface area contributed by atoms with Gasteiger partial charge in [-0.05, 0) is 31.5 Å². The Morgan fingerprint density at radius 2 is 2.05 bits per heavy atom. The zero-order valence-corrected chi connectivity index (χ0v) is 12.7. The molecular weight excluding hydrogens is 291 g/mol. The van der Waals surface area contributed by atoms with Gasteiger partial charge in [0, 0.05) is 24.0 Å². The molecule has 2 aromatic rings. The predicted octanol–water partition coefficient (Wildman–Crippen LogP) is 2.62. The molecule has 1 amide bonds. The summed E-state index contributed by atoms with van der Waals surface area (Å²) in [5.74, 6) is -0.436. The third kappa shape index (κ3) is 4.01. The Bertz CT molecular complexity index is 676. The molecule has 0 bridgehead atoms. The normalized spacial score (nSPS) is 12.1. The summed E-state index contributed by atoms with van der Waals surface area (Å²) in [7, 11) is 0. The number of benzene rings is 1. The van der Waals surface area contributed by atoms with Crippen LogP contribution in [0.3, 0.4) is 0 Å². The van der Waals surface area contributed by atoms with Crippen molar-refractivity contribution in [1.29, 1.82) is 0 Å². The van der Waals surface area contributed by atoms with Crippen molar-refractivity contribution in [2.24, 2.45) is 0 Å². The predicted molar refractivity (Wildman–Crippen MR) is 80.9 cm³/mol. The van der Waals surface area contributed by atoms with Gasteiger partial charge < -0.3 is 9.88 Å². The highest BCUT2D eigenvalue weighted by Crippen LogP contribution is 2.13. The molecule has 0 aliphatic carbocycles. The van der Waals surface area contributed by atoms with E-state index in [2.05, 4.69) is 5.32 Å². The van der Waals surface area contributed by atoms with Gasteiger partial charge in [0.2, 0.25) is 5.91 Å². The van der Waals surface area contributed by atoms with Crippen molar-refractivity contribution in [3.8, 4) is 0 Å². The number of halogens is 1. The first-order chi connectivity index (χ1) is 9.97. The number of aromatic nitrogens is 1. The van der Waals surface area contributed by atoms with Crippen molar-refractivity contribution in [2.75, 3.05) is 0 Å². The number of amides is 1. The second-order valence-corrected chi connectivity index (χ2v) is 5.71. The molecule has 2 rings (SSSR count). The third-order valence-electron chi connectivity index (χ3n) is 3.29. The van der Waals surface area contributed by atoms with E-state index in [4.69, 9.17) is 0 Å². The summed E-state index contributed by atoms with van der Waals surface area (Å²) in [5, 5.41) is 4.62. The van der Waals surface area contributed by atoms with E-state index in [-0.39, 0.29) is 29.1 Å². The van der Waals surface area contributed by atoms with E-state index in [1.54, 1.807) is 22.1 Å². The van der Waals surface area contributed by atoms with Crippen LogP contribution in [0.5, 0.6) is 0 Å². The summed E-state index contributed by atoms with van der Waals surface area (Å²) >= 11 is 1.13. The van der Waals surface area contributed by atoms with E-state index >= 15 is 0 Å². The van der Waals surface area contributed by atoms with Crippen molar-refractivity contribution < 1.29 is 9.18 Å². The van der Waals surface area contributed by atoms with Crippen molar-refractivity contribution in [3.05, 3.63) is 56.4 Å². The first-order valence-corrected chi connectivity index (χ1v) is 7.55. The maximum atomic E-state index is 12.8. The van der Waals surface area contributed by atoms with E-state index in [1.807, 2.05) is 13.8 Å². The SMILES string of the molecule is Cc1csc(=O)n1CCC(=O)NC(C)c1ccc(F)cc1. The van der Waals surface area contributed by atoms with Gasteiger partial charge in [-0.2, -0.15) is 0 Å².